The Hall–Kier alpha value is -4.16. The molecule has 1 amide bonds. The van der Waals surface area contributed by atoms with Gasteiger partial charge < -0.3 is 9.47 Å². The largest absolute Gasteiger partial charge is 0.488 e. The van der Waals surface area contributed by atoms with Crippen LogP contribution in [0.25, 0.3) is 0 Å². The van der Waals surface area contributed by atoms with Crippen molar-refractivity contribution in [2.45, 2.75) is 13.2 Å². The third-order valence-electron chi connectivity index (χ3n) is 5.10. The average molecular weight is 489 g/mol. The lowest BCUT2D eigenvalue weighted by Gasteiger charge is -2.11. The minimum Gasteiger partial charge on any atom is -0.488 e. The summed E-state index contributed by atoms with van der Waals surface area (Å²) < 4.78 is 25.5. The van der Waals surface area contributed by atoms with Crippen LogP contribution in [0.15, 0.2) is 102 Å². The van der Waals surface area contributed by atoms with Crippen LogP contribution in [0.2, 0.25) is 5.02 Å². The van der Waals surface area contributed by atoms with Crippen LogP contribution < -0.4 is 14.9 Å². The Morgan fingerprint density at radius 1 is 0.800 bits per heavy atom. The molecule has 0 atom stereocenters. The number of nitrogens with zero attached hydrogens (tertiary/aromatic N) is 1. The highest BCUT2D eigenvalue weighted by molar-refractivity contribution is 6.31. The molecule has 0 aliphatic rings. The van der Waals surface area contributed by atoms with E-state index >= 15 is 0 Å². The van der Waals surface area contributed by atoms with E-state index in [4.69, 9.17) is 21.1 Å². The Bertz CT molecular complexity index is 1340. The fourth-order valence-corrected chi connectivity index (χ4v) is 3.45. The van der Waals surface area contributed by atoms with Crippen molar-refractivity contribution in [3.05, 3.63) is 130 Å². The molecule has 35 heavy (non-hydrogen) atoms. The van der Waals surface area contributed by atoms with Gasteiger partial charge in [-0.2, -0.15) is 5.10 Å². The molecule has 0 saturated carbocycles. The van der Waals surface area contributed by atoms with Crippen molar-refractivity contribution in [1.82, 2.24) is 5.43 Å². The van der Waals surface area contributed by atoms with Gasteiger partial charge in [0.2, 0.25) is 0 Å². The van der Waals surface area contributed by atoms with Crippen LogP contribution in [0, 0.1) is 5.82 Å². The molecule has 4 rings (SSSR count). The minimum absolute atomic E-state index is 0.0695. The van der Waals surface area contributed by atoms with E-state index in [9.17, 15) is 9.18 Å². The van der Waals surface area contributed by atoms with E-state index in [-0.39, 0.29) is 19.0 Å². The molecule has 0 saturated heterocycles. The van der Waals surface area contributed by atoms with Crippen LogP contribution in [0.1, 0.15) is 27.0 Å². The number of halogens is 2. The number of ether oxygens (including phenoxy) is 2. The zero-order valence-electron chi connectivity index (χ0n) is 18.7. The maximum absolute atomic E-state index is 13.9. The van der Waals surface area contributed by atoms with Crippen molar-refractivity contribution < 1.29 is 18.7 Å². The second-order valence-corrected chi connectivity index (χ2v) is 7.90. The highest BCUT2D eigenvalue weighted by atomic mass is 35.5. The van der Waals surface area contributed by atoms with Crippen molar-refractivity contribution in [2.75, 3.05) is 0 Å². The Morgan fingerprint density at radius 3 is 2.20 bits per heavy atom. The number of rotatable bonds is 9. The van der Waals surface area contributed by atoms with E-state index in [1.54, 1.807) is 66.7 Å². The molecule has 0 radical (unpaired) electrons. The number of nitrogens with one attached hydrogen (secondary N) is 1. The Morgan fingerprint density at radius 2 is 1.40 bits per heavy atom. The Kier molecular flexibility index (Phi) is 8.09. The van der Waals surface area contributed by atoms with Gasteiger partial charge in [-0.3, -0.25) is 4.79 Å². The van der Waals surface area contributed by atoms with Gasteiger partial charge in [-0.1, -0.05) is 72.3 Å². The molecule has 4 aromatic rings. The van der Waals surface area contributed by atoms with Crippen molar-refractivity contribution in [2.24, 2.45) is 5.10 Å². The molecule has 0 aliphatic heterocycles. The maximum atomic E-state index is 13.9. The lowest BCUT2D eigenvalue weighted by Crippen LogP contribution is -2.18. The van der Waals surface area contributed by atoms with Gasteiger partial charge in [0.1, 0.15) is 30.5 Å². The summed E-state index contributed by atoms with van der Waals surface area (Å²) in [5, 5.41) is 4.66. The van der Waals surface area contributed by atoms with Crippen LogP contribution in [-0.4, -0.2) is 12.1 Å². The number of carbonyl (C=O) groups excluding carboxylic acids is 1. The van der Waals surface area contributed by atoms with Crippen LogP contribution in [0.5, 0.6) is 11.5 Å². The number of hydrazone groups is 1. The van der Waals surface area contributed by atoms with Crippen LogP contribution in [0.3, 0.4) is 0 Å². The summed E-state index contributed by atoms with van der Waals surface area (Å²) in [4.78, 5) is 12.8. The molecule has 7 heteroatoms. The normalized spacial score (nSPS) is 10.8. The monoisotopic (exact) mass is 488 g/mol. The Balaban J connectivity index is 1.40. The van der Waals surface area contributed by atoms with E-state index in [1.165, 1.54) is 12.3 Å². The summed E-state index contributed by atoms with van der Waals surface area (Å²) in [5.41, 5.74) is 4.74. The smallest absolute Gasteiger partial charge is 0.275 e. The lowest BCUT2D eigenvalue weighted by molar-refractivity contribution is 0.0950. The molecule has 176 valence electrons. The first-order valence-corrected chi connectivity index (χ1v) is 11.2. The van der Waals surface area contributed by atoms with Gasteiger partial charge in [0, 0.05) is 21.7 Å². The Labute approximate surface area is 207 Å². The number of hydrogen-bond acceptors (Lipinski definition) is 4. The molecule has 0 fully saturated rings. The summed E-state index contributed by atoms with van der Waals surface area (Å²) in [6, 6.07) is 27.8. The van der Waals surface area contributed by atoms with Crippen molar-refractivity contribution >= 4 is 23.7 Å². The van der Waals surface area contributed by atoms with Gasteiger partial charge in [-0.05, 0) is 36.4 Å². The van der Waals surface area contributed by atoms with Gasteiger partial charge in [0.05, 0.1) is 11.8 Å². The predicted molar refractivity (Wildman–Crippen MR) is 134 cm³/mol. The molecular formula is C28H22ClFN2O3. The van der Waals surface area contributed by atoms with Gasteiger partial charge >= 0.3 is 0 Å². The number of benzene rings is 4. The van der Waals surface area contributed by atoms with E-state index < -0.39 is 5.91 Å². The first-order chi connectivity index (χ1) is 17.1. The zero-order valence-corrected chi connectivity index (χ0v) is 19.4. The second kappa shape index (κ2) is 11.8. The maximum Gasteiger partial charge on any atom is 0.275 e. The third kappa shape index (κ3) is 6.46. The van der Waals surface area contributed by atoms with E-state index in [2.05, 4.69) is 10.5 Å². The third-order valence-corrected chi connectivity index (χ3v) is 5.47. The molecule has 5 nitrogen and oxygen atoms in total. The number of amides is 1. The molecular weight excluding hydrogens is 467 g/mol. The highest BCUT2D eigenvalue weighted by Crippen LogP contribution is 2.22. The summed E-state index contributed by atoms with van der Waals surface area (Å²) in [6.45, 7) is 0.292. The standard InChI is InChI=1S/C28H22ClFN2O3/c29-24-13-5-1-10-21(24)18-35-27-16-8-4-12-23(27)28(33)32-31-17-20-9-3-7-15-26(20)34-19-22-11-2-6-14-25(22)30/h1-17H,18-19H2,(H,32,33)/b31-17+. The quantitative estimate of drug-likeness (QED) is 0.219. The predicted octanol–water partition coefficient (Wildman–Crippen LogP) is 6.40. The van der Waals surface area contributed by atoms with E-state index in [0.717, 1.165) is 5.56 Å². The molecule has 0 aliphatic carbocycles. The second-order valence-electron chi connectivity index (χ2n) is 7.49. The molecule has 0 spiro atoms. The zero-order chi connectivity index (χ0) is 24.5. The van der Waals surface area contributed by atoms with Crippen molar-refractivity contribution in [3.63, 3.8) is 0 Å². The molecule has 0 aromatic heterocycles. The molecule has 0 bridgehead atoms. The fraction of sp³-hybridized carbons (Fsp3) is 0.0714. The van der Waals surface area contributed by atoms with Gasteiger partial charge in [0.15, 0.2) is 0 Å². The van der Waals surface area contributed by atoms with Crippen LogP contribution >= 0.6 is 11.6 Å². The van der Waals surface area contributed by atoms with Crippen molar-refractivity contribution in [3.8, 4) is 11.5 Å². The van der Waals surface area contributed by atoms with Gasteiger partial charge in [0.25, 0.3) is 5.91 Å². The number of hydrogen-bond donors (Lipinski definition) is 1. The van der Waals surface area contributed by atoms with Crippen molar-refractivity contribution in [1.29, 1.82) is 0 Å². The van der Waals surface area contributed by atoms with Crippen LogP contribution in [-0.2, 0) is 13.2 Å². The number of para-hydroxylation sites is 2. The average Bonchev–Trinajstić information content (AvgIpc) is 2.88. The first kappa shape index (κ1) is 24.0. The summed E-state index contributed by atoms with van der Waals surface area (Å²) in [7, 11) is 0. The number of carbonyl (C=O) groups is 1. The molecule has 0 unspecified atom stereocenters. The summed E-state index contributed by atoms with van der Waals surface area (Å²) in [5.74, 6) is 0.160. The SMILES string of the molecule is O=C(N/N=C/c1ccccc1OCc1ccccc1F)c1ccccc1OCc1ccccc1Cl. The molecule has 1 N–H and O–H groups in total. The van der Waals surface area contributed by atoms with Gasteiger partial charge in [-0.25, -0.2) is 9.82 Å². The summed E-state index contributed by atoms with van der Waals surface area (Å²) in [6.07, 6.45) is 1.47. The van der Waals surface area contributed by atoms with Crippen LogP contribution in [0.4, 0.5) is 4.39 Å². The van der Waals surface area contributed by atoms with E-state index in [0.29, 0.717) is 33.2 Å². The van der Waals surface area contributed by atoms with Gasteiger partial charge in [-0.15, -0.1) is 0 Å². The molecule has 4 aromatic carbocycles. The molecule has 0 heterocycles. The summed E-state index contributed by atoms with van der Waals surface area (Å²) >= 11 is 6.19. The first-order valence-electron chi connectivity index (χ1n) is 10.9. The highest BCUT2D eigenvalue weighted by Gasteiger charge is 2.12. The topological polar surface area (TPSA) is 59.9 Å². The minimum atomic E-state index is -0.430. The lowest BCUT2D eigenvalue weighted by atomic mass is 10.2. The fourth-order valence-electron chi connectivity index (χ4n) is 3.26. The van der Waals surface area contributed by atoms with E-state index in [1.807, 2.05) is 24.3 Å².